The minimum Gasteiger partial charge on any atom is -0.371 e. The van der Waals surface area contributed by atoms with Gasteiger partial charge in [-0.15, -0.1) is 0 Å². The molecule has 0 saturated carbocycles. The lowest BCUT2D eigenvalue weighted by Gasteiger charge is -2.04. The lowest BCUT2D eigenvalue weighted by Crippen LogP contribution is -2.13. The summed E-state index contributed by atoms with van der Waals surface area (Å²) in [6.45, 7) is 4.63. The van der Waals surface area contributed by atoms with Crippen LogP contribution in [0.15, 0.2) is 33.6 Å². The molecular weight excluding hydrogens is 290 g/mol. The second kappa shape index (κ2) is 5.79. The number of thiazole rings is 1. The molecule has 0 aliphatic rings. The van der Waals surface area contributed by atoms with Crippen LogP contribution in [-0.2, 0) is 11.3 Å². The van der Waals surface area contributed by atoms with Gasteiger partial charge < -0.3 is 9.26 Å². The third-order valence-corrected chi connectivity index (χ3v) is 4.09. The molecule has 0 spiro atoms. The van der Waals surface area contributed by atoms with Gasteiger partial charge >= 0.3 is 4.87 Å². The Morgan fingerprint density at radius 2 is 2.24 bits per heavy atom. The highest BCUT2D eigenvalue weighted by molar-refractivity contribution is 7.16. The summed E-state index contributed by atoms with van der Waals surface area (Å²) in [6, 6.07) is 7.65. The van der Waals surface area contributed by atoms with E-state index in [-0.39, 0.29) is 17.5 Å². The molecule has 21 heavy (non-hydrogen) atoms. The van der Waals surface area contributed by atoms with Crippen molar-refractivity contribution in [1.29, 1.82) is 0 Å². The van der Waals surface area contributed by atoms with E-state index in [0.717, 1.165) is 10.2 Å². The molecule has 0 radical (unpaired) electrons. The number of fused-ring (bicyclic) bond motifs is 1. The van der Waals surface area contributed by atoms with Crippen LogP contribution in [0.1, 0.15) is 31.7 Å². The van der Waals surface area contributed by atoms with Crippen molar-refractivity contribution < 1.29 is 9.26 Å². The van der Waals surface area contributed by atoms with E-state index >= 15 is 0 Å². The Morgan fingerprint density at radius 1 is 1.43 bits per heavy atom. The number of hydrogen-bond acceptors (Lipinski definition) is 6. The molecule has 6 nitrogen and oxygen atoms in total. The van der Waals surface area contributed by atoms with Crippen LogP contribution in [0, 0.1) is 0 Å². The fourth-order valence-corrected chi connectivity index (χ4v) is 3.01. The normalized spacial score (nSPS) is 12.9. The van der Waals surface area contributed by atoms with Crippen LogP contribution in [0.25, 0.3) is 10.2 Å². The summed E-state index contributed by atoms with van der Waals surface area (Å²) < 4.78 is 13.2. The minimum atomic E-state index is -0.219. The molecule has 3 aromatic rings. The van der Waals surface area contributed by atoms with Crippen LogP contribution < -0.4 is 4.87 Å². The lowest BCUT2D eigenvalue weighted by atomic mass is 10.3. The molecule has 7 heteroatoms. The van der Waals surface area contributed by atoms with Crippen molar-refractivity contribution in [1.82, 2.24) is 14.7 Å². The van der Waals surface area contributed by atoms with E-state index in [1.54, 1.807) is 4.57 Å². The van der Waals surface area contributed by atoms with E-state index in [4.69, 9.17) is 9.26 Å². The van der Waals surface area contributed by atoms with Crippen LogP contribution >= 0.6 is 11.3 Å². The van der Waals surface area contributed by atoms with Crippen molar-refractivity contribution in [2.75, 3.05) is 6.61 Å². The van der Waals surface area contributed by atoms with E-state index in [1.807, 2.05) is 38.1 Å². The zero-order chi connectivity index (χ0) is 14.8. The Hall–Kier alpha value is -1.99. The van der Waals surface area contributed by atoms with Crippen molar-refractivity contribution in [2.24, 2.45) is 0 Å². The first kappa shape index (κ1) is 14.0. The van der Waals surface area contributed by atoms with Crippen LogP contribution in [0.3, 0.4) is 0 Å². The Kier molecular flexibility index (Phi) is 3.85. The standard InChI is InChI=1S/C14H15N3O3S/c1-3-19-9(2)13-15-12(20-16-13)8-17-10-6-4-5-7-11(10)21-14(17)18/h4-7,9H,3,8H2,1-2H3/t9-/m0/s1. The molecule has 1 aromatic carbocycles. The maximum Gasteiger partial charge on any atom is 0.308 e. The van der Waals surface area contributed by atoms with Crippen molar-refractivity contribution in [2.45, 2.75) is 26.5 Å². The van der Waals surface area contributed by atoms with E-state index in [9.17, 15) is 4.79 Å². The first-order chi connectivity index (χ1) is 10.2. The Morgan fingerprint density at radius 3 is 3.05 bits per heavy atom. The maximum absolute atomic E-state index is 12.1. The fourth-order valence-electron chi connectivity index (χ4n) is 2.12. The van der Waals surface area contributed by atoms with Gasteiger partial charge in [-0.25, -0.2) is 0 Å². The highest BCUT2D eigenvalue weighted by atomic mass is 32.1. The van der Waals surface area contributed by atoms with Crippen molar-refractivity contribution in [3.63, 3.8) is 0 Å². The molecule has 0 fully saturated rings. The average molecular weight is 305 g/mol. The van der Waals surface area contributed by atoms with Gasteiger partial charge in [0, 0.05) is 6.61 Å². The predicted octanol–water partition coefficient (Wildman–Crippen LogP) is 2.59. The number of aromatic nitrogens is 3. The molecule has 0 N–H and O–H groups in total. The Balaban J connectivity index is 1.89. The molecule has 2 heterocycles. The van der Waals surface area contributed by atoms with Crippen molar-refractivity contribution in [3.8, 4) is 0 Å². The van der Waals surface area contributed by atoms with Crippen LogP contribution in [0.4, 0.5) is 0 Å². The molecule has 0 aliphatic heterocycles. The van der Waals surface area contributed by atoms with Gasteiger partial charge in [-0.2, -0.15) is 4.98 Å². The summed E-state index contributed by atoms with van der Waals surface area (Å²) in [7, 11) is 0. The Labute approximate surface area is 125 Å². The van der Waals surface area contributed by atoms with Gasteiger partial charge in [0.15, 0.2) is 5.82 Å². The predicted molar refractivity (Wildman–Crippen MR) is 79.5 cm³/mol. The lowest BCUT2D eigenvalue weighted by molar-refractivity contribution is 0.0683. The van der Waals surface area contributed by atoms with Gasteiger partial charge in [-0.1, -0.05) is 28.6 Å². The van der Waals surface area contributed by atoms with Crippen molar-refractivity contribution in [3.05, 3.63) is 45.6 Å². The molecule has 0 amide bonds. The quantitative estimate of drug-likeness (QED) is 0.724. The molecule has 2 aromatic heterocycles. The highest BCUT2D eigenvalue weighted by Crippen LogP contribution is 2.18. The monoisotopic (exact) mass is 305 g/mol. The van der Waals surface area contributed by atoms with Gasteiger partial charge in [0.2, 0.25) is 5.89 Å². The minimum absolute atomic E-state index is 0.0335. The first-order valence-corrected chi connectivity index (χ1v) is 7.53. The number of ether oxygens (including phenoxy) is 1. The molecule has 0 saturated heterocycles. The second-order valence-corrected chi connectivity index (χ2v) is 5.56. The van der Waals surface area contributed by atoms with E-state index in [1.165, 1.54) is 11.3 Å². The fraction of sp³-hybridized carbons (Fsp3) is 0.357. The molecule has 110 valence electrons. The second-order valence-electron chi connectivity index (χ2n) is 4.57. The third kappa shape index (κ3) is 2.74. The SMILES string of the molecule is CCO[C@@H](C)c1noc(Cn2c(=O)sc3ccccc32)n1. The maximum atomic E-state index is 12.1. The molecular formula is C14H15N3O3S. The van der Waals surface area contributed by atoms with Crippen LogP contribution in [-0.4, -0.2) is 21.3 Å². The molecule has 0 aliphatic carbocycles. The third-order valence-electron chi connectivity index (χ3n) is 3.13. The number of hydrogen-bond donors (Lipinski definition) is 0. The Bertz CT molecular complexity index is 805. The number of nitrogens with zero attached hydrogens (tertiary/aromatic N) is 3. The number of para-hydroxylation sites is 1. The van der Waals surface area contributed by atoms with Gasteiger partial charge in [0.05, 0.1) is 10.2 Å². The summed E-state index contributed by atoms with van der Waals surface area (Å²) in [6.07, 6.45) is -0.219. The van der Waals surface area contributed by atoms with E-state index in [2.05, 4.69) is 10.1 Å². The zero-order valence-electron chi connectivity index (χ0n) is 11.8. The summed E-state index contributed by atoms with van der Waals surface area (Å²) in [5, 5.41) is 3.90. The summed E-state index contributed by atoms with van der Waals surface area (Å²) >= 11 is 1.21. The van der Waals surface area contributed by atoms with E-state index in [0.29, 0.717) is 18.3 Å². The molecule has 1 atom stereocenters. The summed E-state index contributed by atoms with van der Waals surface area (Å²) in [5.41, 5.74) is 0.880. The highest BCUT2D eigenvalue weighted by Gasteiger charge is 2.15. The first-order valence-electron chi connectivity index (χ1n) is 6.71. The molecule has 3 rings (SSSR count). The van der Waals surface area contributed by atoms with Crippen LogP contribution in [0.2, 0.25) is 0 Å². The van der Waals surface area contributed by atoms with E-state index < -0.39 is 0 Å². The summed E-state index contributed by atoms with van der Waals surface area (Å²) in [4.78, 5) is 16.3. The van der Waals surface area contributed by atoms with Gasteiger partial charge in [-0.05, 0) is 26.0 Å². The molecule has 0 bridgehead atoms. The zero-order valence-corrected chi connectivity index (χ0v) is 12.6. The molecule has 0 unspecified atom stereocenters. The van der Waals surface area contributed by atoms with Crippen molar-refractivity contribution >= 4 is 21.6 Å². The van der Waals surface area contributed by atoms with Crippen LogP contribution in [0.5, 0.6) is 0 Å². The van der Waals surface area contributed by atoms with Gasteiger partial charge in [0.1, 0.15) is 12.6 Å². The van der Waals surface area contributed by atoms with Gasteiger partial charge in [0.25, 0.3) is 0 Å². The smallest absolute Gasteiger partial charge is 0.308 e. The average Bonchev–Trinajstić information content (AvgIpc) is 3.05. The number of rotatable bonds is 5. The largest absolute Gasteiger partial charge is 0.371 e. The number of benzene rings is 1. The topological polar surface area (TPSA) is 70.2 Å². The summed E-state index contributed by atoms with van der Waals surface area (Å²) in [5.74, 6) is 0.904. The van der Waals surface area contributed by atoms with Gasteiger partial charge in [-0.3, -0.25) is 9.36 Å².